The number of Topliss-reactive ketones (excluding diaryl/α,β-unsaturated/α-hetero) is 1. The van der Waals surface area contributed by atoms with Crippen LogP contribution in [-0.4, -0.2) is 18.9 Å². The standard InChI is InChI=1S/C14H12O4/c1-17-13(16)14(6-7-14)12(15)10-8-18-11-5-3-2-4-9(10)11/h2-5,8H,6-7H2,1H3. The van der Waals surface area contributed by atoms with Gasteiger partial charge in [-0.25, -0.2) is 0 Å². The highest BCUT2D eigenvalue weighted by molar-refractivity contribution is 6.19. The summed E-state index contributed by atoms with van der Waals surface area (Å²) in [5, 5.41) is 0.748. The summed E-state index contributed by atoms with van der Waals surface area (Å²) in [5.41, 5.74) is 0.150. The summed E-state index contributed by atoms with van der Waals surface area (Å²) < 4.78 is 10.1. The average Bonchev–Trinajstić information content (AvgIpc) is 3.11. The molecule has 0 aliphatic heterocycles. The van der Waals surface area contributed by atoms with Gasteiger partial charge >= 0.3 is 5.97 Å². The lowest BCUT2D eigenvalue weighted by Gasteiger charge is -2.09. The maximum atomic E-state index is 12.4. The normalized spacial score (nSPS) is 16.5. The van der Waals surface area contributed by atoms with Crippen LogP contribution in [0.5, 0.6) is 0 Å². The van der Waals surface area contributed by atoms with E-state index in [0.29, 0.717) is 24.0 Å². The van der Waals surface area contributed by atoms with Gasteiger partial charge in [0.1, 0.15) is 17.3 Å². The van der Waals surface area contributed by atoms with E-state index >= 15 is 0 Å². The molecule has 1 aromatic carbocycles. The van der Waals surface area contributed by atoms with Crippen molar-refractivity contribution < 1.29 is 18.7 Å². The molecule has 1 aromatic heterocycles. The molecule has 2 aromatic rings. The summed E-state index contributed by atoms with van der Waals surface area (Å²) in [7, 11) is 1.31. The Morgan fingerprint density at radius 1 is 1.28 bits per heavy atom. The van der Waals surface area contributed by atoms with Gasteiger partial charge in [-0.05, 0) is 18.9 Å². The molecule has 1 aliphatic carbocycles. The number of hydrogen-bond donors (Lipinski definition) is 0. The molecule has 1 heterocycles. The van der Waals surface area contributed by atoms with Crippen LogP contribution in [0.4, 0.5) is 0 Å². The summed E-state index contributed by atoms with van der Waals surface area (Å²) in [5.74, 6) is -0.642. The number of fused-ring (bicyclic) bond motifs is 1. The number of ketones is 1. The minimum atomic E-state index is -0.971. The van der Waals surface area contributed by atoms with Crippen molar-refractivity contribution in [1.82, 2.24) is 0 Å². The van der Waals surface area contributed by atoms with Crippen LogP contribution in [0.2, 0.25) is 0 Å². The van der Waals surface area contributed by atoms with Crippen molar-refractivity contribution in [2.45, 2.75) is 12.8 Å². The molecule has 0 amide bonds. The lowest BCUT2D eigenvalue weighted by Crippen LogP contribution is -2.27. The van der Waals surface area contributed by atoms with E-state index in [2.05, 4.69) is 0 Å². The van der Waals surface area contributed by atoms with Gasteiger partial charge in [-0.3, -0.25) is 9.59 Å². The van der Waals surface area contributed by atoms with Crippen LogP contribution in [0.25, 0.3) is 11.0 Å². The molecule has 3 rings (SSSR count). The second-order valence-electron chi connectivity index (χ2n) is 4.55. The summed E-state index contributed by atoms with van der Waals surface area (Å²) >= 11 is 0. The predicted molar refractivity (Wildman–Crippen MR) is 64.2 cm³/mol. The number of esters is 1. The van der Waals surface area contributed by atoms with Crippen LogP contribution in [0, 0.1) is 5.41 Å². The fourth-order valence-electron chi connectivity index (χ4n) is 2.26. The summed E-state index contributed by atoms with van der Waals surface area (Å²) in [4.78, 5) is 24.1. The van der Waals surface area contributed by atoms with Gasteiger partial charge in [-0.15, -0.1) is 0 Å². The predicted octanol–water partition coefficient (Wildman–Crippen LogP) is 2.57. The quantitative estimate of drug-likeness (QED) is 0.473. The molecule has 0 bridgehead atoms. The lowest BCUT2D eigenvalue weighted by atomic mass is 9.94. The van der Waals surface area contributed by atoms with E-state index in [4.69, 9.17) is 9.15 Å². The van der Waals surface area contributed by atoms with Crippen molar-refractivity contribution in [3.8, 4) is 0 Å². The molecule has 18 heavy (non-hydrogen) atoms. The Kier molecular flexibility index (Phi) is 2.26. The van der Waals surface area contributed by atoms with Crippen molar-refractivity contribution >= 4 is 22.7 Å². The van der Waals surface area contributed by atoms with Crippen molar-refractivity contribution in [1.29, 1.82) is 0 Å². The molecule has 0 spiro atoms. The lowest BCUT2D eigenvalue weighted by molar-refractivity contribution is -0.145. The third kappa shape index (κ3) is 1.38. The van der Waals surface area contributed by atoms with E-state index in [-0.39, 0.29) is 5.78 Å². The first-order valence-electron chi connectivity index (χ1n) is 5.78. The molecule has 92 valence electrons. The first-order chi connectivity index (χ1) is 8.69. The maximum absolute atomic E-state index is 12.4. The molecule has 0 radical (unpaired) electrons. The molecule has 4 nitrogen and oxygen atoms in total. The van der Waals surface area contributed by atoms with E-state index in [1.54, 1.807) is 6.07 Å². The number of methoxy groups -OCH3 is 1. The summed E-state index contributed by atoms with van der Waals surface area (Å²) in [6, 6.07) is 7.29. The van der Waals surface area contributed by atoms with Gasteiger partial charge in [0.2, 0.25) is 0 Å². The maximum Gasteiger partial charge on any atom is 0.319 e. The van der Waals surface area contributed by atoms with Crippen LogP contribution >= 0.6 is 0 Å². The molecule has 1 fully saturated rings. The molecule has 1 aliphatic rings. The van der Waals surface area contributed by atoms with Crippen molar-refractivity contribution in [3.05, 3.63) is 36.1 Å². The first kappa shape index (κ1) is 11.0. The molecule has 4 heteroatoms. The van der Waals surface area contributed by atoms with E-state index in [0.717, 1.165) is 5.39 Å². The zero-order valence-electron chi connectivity index (χ0n) is 9.93. The molecular weight excluding hydrogens is 232 g/mol. The SMILES string of the molecule is COC(=O)C1(C(=O)c2coc3ccccc23)CC1. The molecule has 0 atom stereocenters. The highest BCUT2D eigenvalue weighted by Gasteiger charge is 2.58. The Morgan fingerprint density at radius 3 is 2.67 bits per heavy atom. The number of ether oxygens (including phenoxy) is 1. The van der Waals surface area contributed by atoms with Crippen LogP contribution in [0.3, 0.4) is 0 Å². The third-order valence-electron chi connectivity index (χ3n) is 3.49. The molecule has 0 saturated heterocycles. The second kappa shape index (κ2) is 3.70. The molecule has 0 N–H and O–H groups in total. The number of carbonyl (C=O) groups excluding carboxylic acids is 2. The molecular formula is C14H12O4. The van der Waals surface area contributed by atoms with Gasteiger partial charge in [0.15, 0.2) is 5.78 Å². The Labute approximate surface area is 104 Å². The van der Waals surface area contributed by atoms with Gasteiger partial charge in [0.25, 0.3) is 0 Å². The van der Waals surface area contributed by atoms with E-state index < -0.39 is 11.4 Å². The fraction of sp³-hybridized carbons (Fsp3) is 0.286. The number of benzene rings is 1. The van der Waals surface area contributed by atoms with Crippen LogP contribution < -0.4 is 0 Å². The zero-order chi connectivity index (χ0) is 12.8. The highest BCUT2D eigenvalue weighted by Crippen LogP contribution is 2.50. The molecule has 0 unspecified atom stereocenters. The Hall–Kier alpha value is -2.10. The Balaban J connectivity index is 2.06. The van der Waals surface area contributed by atoms with Crippen molar-refractivity contribution in [2.24, 2.45) is 5.41 Å². The van der Waals surface area contributed by atoms with Crippen molar-refractivity contribution in [3.63, 3.8) is 0 Å². The molecule has 1 saturated carbocycles. The highest BCUT2D eigenvalue weighted by atomic mass is 16.5. The van der Waals surface area contributed by atoms with Crippen LogP contribution in [0.1, 0.15) is 23.2 Å². The largest absolute Gasteiger partial charge is 0.468 e. The monoisotopic (exact) mass is 244 g/mol. The number of rotatable bonds is 3. The van der Waals surface area contributed by atoms with Gasteiger partial charge in [0, 0.05) is 5.39 Å². The van der Waals surface area contributed by atoms with E-state index in [1.165, 1.54) is 13.4 Å². The second-order valence-corrected chi connectivity index (χ2v) is 4.55. The van der Waals surface area contributed by atoms with Gasteiger partial charge in [-0.1, -0.05) is 18.2 Å². The number of hydrogen-bond acceptors (Lipinski definition) is 4. The minimum absolute atomic E-state index is 0.195. The van der Waals surface area contributed by atoms with E-state index in [1.807, 2.05) is 18.2 Å². The van der Waals surface area contributed by atoms with Crippen LogP contribution in [-0.2, 0) is 9.53 Å². The number of carbonyl (C=O) groups is 2. The first-order valence-corrected chi connectivity index (χ1v) is 5.78. The Bertz CT molecular complexity index is 634. The van der Waals surface area contributed by atoms with Gasteiger partial charge in [-0.2, -0.15) is 0 Å². The topological polar surface area (TPSA) is 56.5 Å². The Morgan fingerprint density at radius 2 is 2.00 bits per heavy atom. The number of para-hydroxylation sites is 1. The zero-order valence-corrected chi connectivity index (χ0v) is 9.93. The van der Waals surface area contributed by atoms with Gasteiger partial charge in [0.05, 0.1) is 12.7 Å². The van der Waals surface area contributed by atoms with Crippen LogP contribution in [0.15, 0.2) is 34.9 Å². The van der Waals surface area contributed by atoms with E-state index in [9.17, 15) is 9.59 Å². The minimum Gasteiger partial charge on any atom is -0.468 e. The van der Waals surface area contributed by atoms with Crippen molar-refractivity contribution in [2.75, 3.05) is 7.11 Å². The number of furan rings is 1. The third-order valence-corrected chi connectivity index (χ3v) is 3.49. The average molecular weight is 244 g/mol. The fourth-order valence-corrected chi connectivity index (χ4v) is 2.26. The summed E-state index contributed by atoms with van der Waals surface area (Å²) in [6.07, 6.45) is 2.53. The smallest absolute Gasteiger partial charge is 0.319 e. The summed E-state index contributed by atoms with van der Waals surface area (Å²) in [6.45, 7) is 0. The van der Waals surface area contributed by atoms with Gasteiger partial charge < -0.3 is 9.15 Å².